The number of rotatable bonds is 4. The van der Waals surface area contributed by atoms with Gasteiger partial charge >= 0.3 is 0 Å². The molecule has 1 aromatic heterocycles. The van der Waals surface area contributed by atoms with Gasteiger partial charge in [0.1, 0.15) is 5.82 Å². The molecule has 0 saturated carbocycles. The van der Waals surface area contributed by atoms with Crippen LogP contribution in [0.25, 0.3) is 0 Å². The van der Waals surface area contributed by atoms with E-state index in [4.69, 9.17) is 0 Å². The molecule has 4 nitrogen and oxygen atoms in total. The van der Waals surface area contributed by atoms with Crippen molar-refractivity contribution in [3.8, 4) is 0 Å². The minimum absolute atomic E-state index is 0.159. The third-order valence-corrected chi connectivity index (χ3v) is 3.86. The molecule has 1 N–H and O–H groups in total. The van der Waals surface area contributed by atoms with Gasteiger partial charge in [0, 0.05) is 36.7 Å². The van der Waals surface area contributed by atoms with Gasteiger partial charge in [-0.2, -0.15) is 0 Å². The van der Waals surface area contributed by atoms with Gasteiger partial charge in [-0.25, -0.2) is 4.98 Å². The van der Waals surface area contributed by atoms with Crippen LogP contribution < -0.4 is 5.32 Å². The summed E-state index contributed by atoms with van der Waals surface area (Å²) in [6.45, 7) is 3.89. The molecule has 2 heterocycles. The normalized spacial score (nSPS) is 13.7. The van der Waals surface area contributed by atoms with Crippen LogP contribution in [0.3, 0.4) is 0 Å². The van der Waals surface area contributed by atoms with Crippen molar-refractivity contribution in [2.24, 2.45) is 0 Å². The Morgan fingerprint density at radius 3 is 3.20 bits per heavy atom. The monoisotopic (exact) mass is 269 g/mol. The molecule has 0 spiro atoms. The summed E-state index contributed by atoms with van der Waals surface area (Å²) < 4.78 is 2.02. The number of carbonyl (C=O) groups excluding carboxylic acids is 1. The molecular formula is C16H19N3O. The second-order valence-electron chi connectivity index (χ2n) is 5.09. The Kier molecular flexibility index (Phi) is 3.54. The van der Waals surface area contributed by atoms with Gasteiger partial charge < -0.3 is 9.88 Å². The smallest absolute Gasteiger partial charge is 0.170 e. The van der Waals surface area contributed by atoms with E-state index < -0.39 is 0 Å². The third-order valence-electron chi connectivity index (χ3n) is 3.86. The minimum atomic E-state index is 0.159. The number of carbonyl (C=O) groups is 1. The highest BCUT2D eigenvalue weighted by Gasteiger charge is 2.18. The van der Waals surface area contributed by atoms with Gasteiger partial charge in [-0.05, 0) is 31.4 Å². The maximum Gasteiger partial charge on any atom is 0.170 e. The highest BCUT2D eigenvalue weighted by atomic mass is 16.1. The van der Waals surface area contributed by atoms with E-state index in [-0.39, 0.29) is 5.78 Å². The van der Waals surface area contributed by atoms with Crippen molar-refractivity contribution in [1.82, 2.24) is 9.55 Å². The third kappa shape index (κ3) is 2.33. The Balaban J connectivity index is 1.88. The van der Waals surface area contributed by atoms with E-state index in [1.165, 1.54) is 5.56 Å². The quantitative estimate of drug-likeness (QED) is 0.868. The zero-order valence-corrected chi connectivity index (χ0v) is 11.7. The summed E-state index contributed by atoms with van der Waals surface area (Å²) >= 11 is 0. The van der Waals surface area contributed by atoms with Crippen molar-refractivity contribution in [3.05, 3.63) is 47.5 Å². The standard InChI is InChI=1S/C16H19N3O/c1-2-19-10-9-18-16(19)11-15(20)13-5-3-7-14-12(13)6-4-8-17-14/h3,5,7,9-10,17H,2,4,6,8,11H2,1H3. The fourth-order valence-electron chi connectivity index (χ4n) is 2.81. The first kappa shape index (κ1) is 12.9. The number of anilines is 1. The van der Waals surface area contributed by atoms with E-state index in [0.717, 1.165) is 43.0 Å². The summed E-state index contributed by atoms with van der Waals surface area (Å²) in [7, 11) is 0. The van der Waals surface area contributed by atoms with E-state index in [2.05, 4.69) is 23.3 Å². The average molecular weight is 269 g/mol. The topological polar surface area (TPSA) is 46.9 Å². The number of hydrogen-bond acceptors (Lipinski definition) is 3. The molecule has 0 bridgehead atoms. The predicted octanol–water partition coefficient (Wildman–Crippen LogP) is 2.69. The van der Waals surface area contributed by atoms with Gasteiger partial charge in [0.25, 0.3) is 0 Å². The van der Waals surface area contributed by atoms with E-state index in [1.54, 1.807) is 6.20 Å². The lowest BCUT2D eigenvalue weighted by Gasteiger charge is -2.20. The molecule has 1 aliphatic rings. The number of aryl methyl sites for hydroxylation is 1. The first-order chi connectivity index (χ1) is 9.79. The number of benzene rings is 1. The number of imidazole rings is 1. The van der Waals surface area contributed by atoms with Gasteiger partial charge in [0.15, 0.2) is 5.78 Å². The lowest BCUT2D eigenvalue weighted by Crippen LogP contribution is -2.17. The van der Waals surface area contributed by atoms with Gasteiger partial charge in [-0.15, -0.1) is 0 Å². The summed E-state index contributed by atoms with van der Waals surface area (Å²) in [5.41, 5.74) is 3.12. The Labute approximate surface area is 118 Å². The van der Waals surface area contributed by atoms with Crippen LogP contribution in [0.4, 0.5) is 5.69 Å². The molecule has 0 unspecified atom stereocenters. The Morgan fingerprint density at radius 1 is 1.45 bits per heavy atom. The maximum absolute atomic E-state index is 12.6. The molecule has 1 aliphatic heterocycles. The van der Waals surface area contributed by atoms with Crippen LogP contribution in [0.1, 0.15) is 35.1 Å². The Hall–Kier alpha value is -2.10. The predicted molar refractivity (Wildman–Crippen MR) is 79.2 cm³/mol. The van der Waals surface area contributed by atoms with Crippen molar-refractivity contribution in [2.75, 3.05) is 11.9 Å². The SMILES string of the molecule is CCn1ccnc1CC(=O)c1cccc2c1CCCN2. The maximum atomic E-state index is 12.6. The summed E-state index contributed by atoms with van der Waals surface area (Å²) in [5.74, 6) is 1.00. The molecule has 0 radical (unpaired) electrons. The van der Waals surface area contributed by atoms with Crippen molar-refractivity contribution >= 4 is 11.5 Å². The molecular weight excluding hydrogens is 250 g/mol. The van der Waals surface area contributed by atoms with Crippen LogP contribution in [-0.4, -0.2) is 21.9 Å². The van der Waals surface area contributed by atoms with Crippen LogP contribution in [-0.2, 0) is 19.4 Å². The van der Waals surface area contributed by atoms with E-state index in [0.29, 0.717) is 6.42 Å². The zero-order chi connectivity index (χ0) is 13.9. The van der Waals surface area contributed by atoms with Crippen molar-refractivity contribution in [2.45, 2.75) is 32.7 Å². The van der Waals surface area contributed by atoms with Crippen LogP contribution in [0.5, 0.6) is 0 Å². The van der Waals surface area contributed by atoms with Gasteiger partial charge in [0.2, 0.25) is 0 Å². The fraction of sp³-hybridized carbons (Fsp3) is 0.375. The van der Waals surface area contributed by atoms with Crippen LogP contribution in [0.2, 0.25) is 0 Å². The van der Waals surface area contributed by atoms with Crippen LogP contribution in [0.15, 0.2) is 30.6 Å². The van der Waals surface area contributed by atoms with Gasteiger partial charge in [0.05, 0.1) is 6.42 Å². The zero-order valence-electron chi connectivity index (χ0n) is 11.7. The van der Waals surface area contributed by atoms with Crippen LogP contribution >= 0.6 is 0 Å². The highest BCUT2D eigenvalue weighted by Crippen LogP contribution is 2.26. The molecule has 0 fully saturated rings. The minimum Gasteiger partial charge on any atom is -0.385 e. The first-order valence-electron chi connectivity index (χ1n) is 7.18. The lowest BCUT2D eigenvalue weighted by atomic mass is 9.94. The van der Waals surface area contributed by atoms with Crippen molar-refractivity contribution in [1.29, 1.82) is 0 Å². The Morgan fingerprint density at radius 2 is 2.35 bits per heavy atom. The molecule has 0 saturated heterocycles. The number of Topliss-reactive ketones (excluding diaryl/α,β-unsaturated/α-hetero) is 1. The Bertz CT molecular complexity index is 630. The number of nitrogens with one attached hydrogen (secondary N) is 1. The summed E-state index contributed by atoms with van der Waals surface area (Å²) in [6.07, 6.45) is 6.11. The molecule has 0 aliphatic carbocycles. The lowest BCUT2D eigenvalue weighted by molar-refractivity contribution is 0.0989. The second-order valence-corrected chi connectivity index (χ2v) is 5.09. The van der Waals surface area contributed by atoms with Crippen LogP contribution in [0, 0.1) is 0 Å². The van der Waals surface area contributed by atoms with E-state index in [1.807, 2.05) is 22.9 Å². The van der Waals surface area contributed by atoms with E-state index in [9.17, 15) is 4.79 Å². The average Bonchev–Trinajstić information content (AvgIpc) is 2.93. The number of fused-ring (bicyclic) bond motifs is 1. The molecule has 0 amide bonds. The van der Waals surface area contributed by atoms with Gasteiger partial charge in [-0.3, -0.25) is 4.79 Å². The van der Waals surface area contributed by atoms with E-state index >= 15 is 0 Å². The summed E-state index contributed by atoms with van der Waals surface area (Å²) in [6, 6.07) is 5.95. The molecule has 0 atom stereocenters. The molecule has 1 aromatic carbocycles. The summed E-state index contributed by atoms with van der Waals surface area (Å²) in [4.78, 5) is 16.9. The molecule has 20 heavy (non-hydrogen) atoms. The number of nitrogens with zero attached hydrogens (tertiary/aromatic N) is 2. The van der Waals surface area contributed by atoms with Gasteiger partial charge in [-0.1, -0.05) is 12.1 Å². The largest absolute Gasteiger partial charge is 0.385 e. The number of hydrogen-bond donors (Lipinski definition) is 1. The summed E-state index contributed by atoms with van der Waals surface area (Å²) in [5, 5.41) is 3.37. The van der Waals surface area contributed by atoms with Crippen molar-refractivity contribution < 1.29 is 4.79 Å². The molecule has 2 aromatic rings. The first-order valence-corrected chi connectivity index (χ1v) is 7.18. The fourth-order valence-corrected chi connectivity index (χ4v) is 2.81. The molecule has 3 rings (SSSR count). The molecule has 104 valence electrons. The van der Waals surface area contributed by atoms with Crippen molar-refractivity contribution in [3.63, 3.8) is 0 Å². The number of aromatic nitrogens is 2. The molecule has 4 heteroatoms. The second kappa shape index (κ2) is 5.49. The number of ketones is 1. The highest BCUT2D eigenvalue weighted by molar-refractivity contribution is 5.99.